The van der Waals surface area contributed by atoms with Crippen molar-refractivity contribution in [3.8, 4) is 11.3 Å². The number of carbonyl (C=O) groups is 1. The number of nitrogens with zero attached hydrogens (tertiary/aromatic N) is 2. The summed E-state index contributed by atoms with van der Waals surface area (Å²) in [7, 11) is 0. The Morgan fingerprint density at radius 2 is 2.08 bits per heavy atom. The molecule has 0 fully saturated rings. The van der Waals surface area contributed by atoms with Crippen LogP contribution in [0.3, 0.4) is 0 Å². The average Bonchev–Trinajstić information content (AvgIpc) is 2.97. The first-order valence-electron chi connectivity index (χ1n) is 8.48. The molecule has 0 radical (unpaired) electrons. The van der Waals surface area contributed by atoms with Gasteiger partial charge < -0.3 is 10.3 Å². The smallest absolute Gasteiger partial charge is 0.251 e. The van der Waals surface area contributed by atoms with Crippen LogP contribution in [0.4, 0.5) is 0 Å². The van der Waals surface area contributed by atoms with Gasteiger partial charge in [-0.25, -0.2) is 4.98 Å². The van der Waals surface area contributed by atoms with E-state index in [0.717, 1.165) is 29.8 Å². The lowest BCUT2D eigenvalue weighted by Gasteiger charge is -2.07. The number of hydrogen-bond donors (Lipinski definition) is 3. The highest BCUT2D eigenvalue weighted by Crippen LogP contribution is 2.16. The van der Waals surface area contributed by atoms with Gasteiger partial charge in [0, 0.05) is 29.4 Å². The molecule has 2 aromatic heterocycles. The van der Waals surface area contributed by atoms with E-state index < -0.39 is 0 Å². The summed E-state index contributed by atoms with van der Waals surface area (Å²) in [6.07, 6.45) is 3.05. The summed E-state index contributed by atoms with van der Waals surface area (Å²) in [6, 6.07) is 8.50. The van der Waals surface area contributed by atoms with Gasteiger partial charge in [-0.05, 0) is 44.4 Å². The van der Waals surface area contributed by atoms with Crippen molar-refractivity contribution in [2.45, 2.75) is 26.7 Å². The number of aromatic nitrogens is 4. The Labute approximate surface area is 150 Å². The van der Waals surface area contributed by atoms with Gasteiger partial charge in [-0.3, -0.25) is 14.7 Å². The molecule has 0 saturated carbocycles. The number of aromatic amines is 2. The second-order valence-corrected chi connectivity index (χ2v) is 6.15. The van der Waals surface area contributed by atoms with Crippen LogP contribution in [0.1, 0.15) is 33.7 Å². The molecule has 3 rings (SSSR count). The zero-order valence-electron chi connectivity index (χ0n) is 14.8. The maximum atomic E-state index is 12.4. The van der Waals surface area contributed by atoms with Crippen molar-refractivity contribution in [1.82, 2.24) is 25.5 Å². The summed E-state index contributed by atoms with van der Waals surface area (Å²) >= 11 is 0. The highest BCUT2D eigenvalue weighted by Gasteiger charge is 2.09. The van der Waals surface area contributed by atoms with Crippen LogP contribution in [0, 0.1) is 13.8 Å². The number of benzene rings is 1. The normalized spacial score (nSPS) is 10.7. The minimum atomic E-state index is -0.227. The van der Waals surface area contributed by atoms with Crippen molar-refractivity contribution in [2.24, 2.45) is 0 Å². The summed E-state index contributed by atoms with van der Waals surface area (Å²) in [5.74, 6) is -0.141. The molecule has 134 valence electrons. The van der Waals surface area contributed by atoms with Crippen LogP contribution in [0.15, 0.2) is 41.5 Å². The SMILES string of the molecule is Cc1n[nH]c(C)c1CCCNC(=O)c1cccc(-c2cc(=O)[nH]cn2)c1. The molecule has 0 aliphatic carbocycles. The van der Waals surface area contributed by atoms with Crippen molar-refractivity contribution < 1.29 is 4.79 Å². The Morgan fingerprint density at radius 1 is 1.23 bits per heavy atom. The van der Waals surface area contributed by atoms with Crippen molar-refractivity contribution in [1.29, 1.82) is 0 Å². The Bertz CT molecular complexity index is 954. The second-order valence-electron chi connectivity index (χ2n) is 6.15. The van der Waals surface area contributed by atoms with Gasteiger partial charge in [0.25, 0.3) is 11.5 Å². The van der Waals surface area contributed by atoms with Crippen LogP contribution in [0.25, 0.3) is 11.3 Å². The maximum Gasteiger partial charge on any atom is 0.251 e. The number of carbonyl (C=O) groups excluding carboxylic acids is 1. The van der Waals surface area contributed by atoms with Crippen LogP contribution in [0.2, 0.25) is 0 Å². The van der Waals surface area contributed by atoms with Crippen molar-refractivity contribution in [3.63, 3.8) is 0 Å². The van der Waals surface area contributed by atoms with E-state index in [1.165, 1.54) is 18.0 Å². The number of rotatable bonds is 6. The minimum absolute atomic E-state index is 0.141. The summed E-state index contributed by atoms with van der Waals surface area (Å²) in [5.41, 5.74) is 4.87. The first kappa shape index (κ1) is 17.6. The largest absolute Gasteiger partial charge is 0.352 e. The van der Waals surface area contributed by atoms with E-state index in [1.54, 1.807) is 18.2 Å². The van der Waals surface area contributed by atoms with E-state index in [9.17, 15) is 9.59 Å². The van der Waals surface area contributed by atoms with Crippen LogP contribution in [-0.4, -0.2) is 32.6 Å². The third-order valence-corrected chi connectivity index (χ3v) is 4.27. The third-order valence-electron chi connectivity index (χ3n) is 4.27. The highest BCUT2D eigenvalue weighted by atomic mass is 16.1. The van der Waals surface area contributed by atoms with Crippen molar-refractivity contribution in [3.05, 3.63) is 69.5 Å². The molecule has 3 N–H and O–H groups in total. The quantitative estimate of drug-likeness (QED) is 0.592. The minimum Gasteiger partial charge on any atom is -0.352 e. The lowest BCUT2D eigenvalue weighted by Crippen LogP contribution is -2.24. The Kier molecular flexibility index (Phi) is 5.26. The van der Waals surface area contributed by atoms with Gasteiger partial charge in [-0.2, -0.15) is 5.10 Å². The van der Waals surface area contributed by atoms with Gasteiger partial charge in [0.2, 0.25) is 0 Å². The van der Waals surface area contributed by atoms with E-state index >= 15 is 0 Å². The first-order valence-corrected chi connectivity index (χ1v) is 8.48. The molecule has 0 saturated heterocycles. The number of aryl methyl sites for hydroxylation is 2. The fourth-order valence-corrected chi connectivity index (χ4v) is 2.86. The van der Waals surface area contributed by atoms with Gasteiger partial charge in [-0.1, -0.05) is 12.1 Å². The molecular formula is C19H21N5O2. The number of H-pyrrole nitrogens is 2. The molecule has 0 spiro atoms. The number of amides is 1. The Hall–Kier alpha value is -3.22. The fraction of sp³-hybridized carbons (Fsp3) is 0.263. The van der Waals surface area contributed by atoms with Gasteiger partial charge in [0.15, 0.2) is 0 Å². The highest BCUT2D eigenvalue weighted by molar-refractivity contribution is 5.95. The molecule has 7 heteroatoms. The Balaban J connectivity index is 1.60. The van der Waals surface area contributed by atoms with Gasteiger partial charge in [-0.15, -0.1) is 0 Å². The third kappa shape index (κ3) is 4.05. The molecule has 0 atom stereocenters. The van der Waals surface area contributed by atoms with E-state index in [0.29, 0.717) is 17.8 Å². The molecule has 0 aliphatic heterocycles. The predicted octanol–water partition coefficient (Wildman–Crippen LogP) is 2.14. The molecule has 1 amide bonds. The summed E-state index contributed by atoms with van der Waals surface area (Å²) in [6.45, 7) is 4.56. The van der Waals surface area contributed by atoms with Crippen LogP contribution in [0.5, 0.6) is 0 Å². The van der Waals surface area contributed by atoms with E-state index in [1.807, 2.05) is 19.9 Å². The van der Waals surface area contributed by atoms with E-state index in [-0.39, 0.29) is 11.5 Å². The topological polar surface area (TPSA) is 104 Å². The monoisotopic (exact) mass is 351 g/mol. The van der Waals surface area contributed by atoms with E-state index in [2.05, 4.69) is 25.5 Å². The fourth-order valence-electron chi connectivity index (χ4n) is 2.86. The van der Waals surface area contributed by atoms with Crippen LogP contribution < -0.4 is 10.9 Å². The zero-order valence-corrected chi connectivity index (χ0v) is 14.8. The number of nitrogens with one attached hydrogen (secondary N) is 3. The van der Waals surface area contributed by atoms with Crippen molar-refractivity contribution >= 4 is 5.91 Å². The summed E-state index contributed by atoms with van der Waals surface area (Å²) in [4.78, 5) is 30.4. The summed E-state index contributed by atoms with van der Waals surface area (Å²) in [5, 5.41) is 10.1. The van der Waals surface area contributed by atoms with Gasteiger partial charge in [0.05, 0.1) is 17.7 Å². The number of hydrogen-bond acceptors (Lipinski definition) is 4. The zero-order chi connectivity index (χ0) is 18.5. The van der Waals surface area contributed by atoms with E-state index in [4.69, 9.17) is 0 Å². The lowest BCUT2D eigenvalue weighted by molar-refractivity contribution is 0.0953. The molecule has 1 aromatic carbocycles. The average molecular weight is 351 g/mol. The molecular weight excluding hydrogens is 330 g/mol. The van der Waals surface area contributed by atoms with Gasteiger partial charge in [0.1, 0.15) is 0 Å². The standard InChI is InChI=1S/C19H21N5O2/c1-12-16(13(2)24-23-12)7-4-8-20-19(26)15-6-3-5-14(9-15)17-10-18(25)22-11-21-17/h3,5-6,9-11H,4,7-8H2,1-2H3,(H,20,26)(H,23,24)(H,21,22,25). The summed E-state index contributed by atoms with van der Waals surface area (Å²) < 4.78 is 0. The molecule has 26 heavy (non-hydrogen) atoms. The molecule has 2 heterocycles. The first-order chi connectivity index (χ1) is 12.5. The molecule has 0 unspecified atom stereocenters. The molecule has 7 nitrogen and oxygen atoms in total. The maximum absolute atomic E-state index is 12.4. The molecule has 0 aliphatic rings. The Morgan fingerprint density at radius 3 is 2.81 bits per heavy atom. The predicted molar refractivity (Wildman–Crippen MR) is 99.0 cm³/mol. The van der Waals surface area contributed by atoms with Crippen LogP contribution in [-0.2, 0) is 6.42 Å². The molecule has 3 aromatic rings. The van der Waals surface area contributed by atoms with Crippen molar-refractivity contribution in [2.75, 3.05) is 6.54 Å². The molecule has 0 bridgehead atoms. The lowest BCUT2D eigenvalue weighted by atomic mass is 10.1. The second kappa shape index (κ2) is 7.77. The van der Waals surface area contributed by atoms with Crippen LogP contribution >= 0.6 is 0 Å². The van der Waals surface area contributed by atoms with Gasteiger partial charge >= 0.3 is 0 Å².